The first kappa shape index (κ1) is 9.54. The molecule has 0 nitrogen and oxygen atoms in total. The van der Waals surface area contributed by atoms with Crippen LogP contribution in [-0.2, 0) is 0 Å². The van der Waals surface area contributed by atoms with Crippen molar-refractivity contribution in [3.63, 3.8) is 0 Å². The molecule has 0 saturated carbocycles. The quantitative estimate of drug-likeness (QED) is 0.505. The van der Waals surface area contributed by atoms with E-state index >= 15 is 0 Å². The van der Waals surface area contributed by atoms with E-state index in [1.165, 1.54) is 11.1 Å². The smallest absolute Gasteiger partial charge is 0.0619 e. The predicted octanol–water partition coefficient (Wildman–Crippen LogP) is 3.98. The zero-order valence-electron chi connectivity index (χ0n) is 8.15. The molecular formula is C13H13Cl. The number of rotatable bonds is 2. The van der Waals surface area contributed by atoms with Crippen LogP contribution in [0, 0.1) is 0 Å². The Balaban J connectivity index is 2.30. The first-order chi connectivity index (χ1) is 6.83. The SMILES string of the molecule is C/C=C/C(Cl)C1C=Cc2ccccc21. The maximum atomic E-state index is 6.28. The summed E-state index contributed by atoms with van der Waals surface area (Å²) in [6.07, 6.45) is 8.38. The standard InChI is InChI=1S/C13H13Cl/c1-2-5-13(14)12-9-8-10-6-3-4-7-11(10)12/h2-9,12-13H,1H3/b5-2+. The third-order valence-electron chi connectivity index (χ3n) is 2.56. The van der Waals surface area contributed by atoms with Crippen LogP contribution in [0.25, 0.3) is 6.08 Å². The molecule has 1 aliphatic rings. The Morgan fingerprint density at radius 3 is 2.93 bits per heavy atom. The highest BCUT2D eigenvalue weighted by Crippen LogP contribution is 2.34. The Bertz CT molecular complexity index is 377. The summed E-state index contributed by atoms with van der Waals surface area (Å²) in [6, 6.07) is 8.41. The van der Waals surface area contributed by atoms with E-state index in [0.717, 1.165) is 0 Å². The average molecular weight is 205 g/mol. The Morgan fingerprint density at radius 2 is 2.14 bits per heavy atom. The molecule has 1 aromatic rings. The molecular weight excluding hydrogens is 192 g/mol. The maximum absolute atomic E-state index is 6.28. The molecule has 0 aliphatic heterocycles. The molecule has 2 atom stereocenters. The first-order valence-electron chi connectivity index (χ1n) is 4.87. The van der Waals surface area contributed by atoms with Crippen LogP contribution in [0.4, 0.5) is 0 Å². The minimum Gasteiger partial charge on any atom is -0.117 e. The van der Waals surface area contributed by atoms with Gasteiger partial charge in [0.2, 0.25) is 0 Å². The van der Waals surface area contributed by atoms with E-state index in [2.05, 4.69) is 36.4 Å². The van der Waals surface area contributed by atoms with Gasteiger partial charge >= 0.3 is 0 Å². The van der Waals surface area contributed by atoms with E-state index in [-0.39, 0.29) is 5.38 Å². The number of fused-ring (bicyclic) bond motifs is 1. The molecule has 72 valence electrons. The minimum absolute atomic E-state index is 0.0694. The van der Waals surface area contributed by atoms with E-state index < -0.39 is 0 Å². The van der Waals surface area contributed by atoms with E-state index in [1.54, 1.807) is 0 Å². The van der Waals surface area contributed by atoms with Gasteiger partial charge in [-0.05, 0) is 18.1 Å². The third-order valence-corrected chi connectivity index (χ3v) is 2.97. The Labute approximate surface area is 89.9 Å². The molecule has 0 aromatic heterocycles. The molecule has 0 heterocycles. The normalized spacial score (nSPS) is 21.4. The molecule has 1 heteroatoms. The van der Waals surface area contributed by atoms with Crippen molar-refractivity contribution in [1.82, 2.24) is 0 Å². The van der Waals surface area contributed by atoms with Gasteiger partial charge in [0.05, 0.1) is 5.38 Å². The van der Waals surface area contributed by atoms with Gasteiger partial charge in [-0.25, -0.2) is 0 Å². The molecule has 2 rings (SSSR count). The number of alkyl halides is 1. The van der Waals surface area contributed by atoms with Crippen molar-refractivity contribution in [2.75, 3.05) is 0 Å². The van der Waals surface area contributed by atoms with Crippen molar-refractivity contribution in [2.24, 2.45) is 0 Å². The van der Waals surface area contributed by atoms with Crippen LogP contribution in [-0.4, -0.2) is 5.38 Å². The number of benzene rings is 1. The van der Waals surface area contributed by atoms with Crippen molar-refractivity contribution in [1.29, 1.82) is 0 Å². The van der Waals surface area contributed by atoms with Crippen molar-refractivity contribution >= 4 is 17.7 Å². The molecule has 0 bridgehead atoms. The number of hydrogen-bond donors (Lipinski definition) is 0. The molecule has 0 saturated heterocycles. The van der Waals surface area contributed by atoms with Gasteiger partial charge in [-0.2, -0.15) is 0 Å². The van der Waals surface area contributed by atoms with Crippen LogP contribution in [0.1, 0.15) is 24.0 Å². The topological polar surface area (TPSA) is 0 Å². The zero-order valence-corrected chi connectivity index (χ0v) is 8.91. The van der Waals surface area contributed by atoms with Gasteiger partial charge in [0, 0.05) is 5.92 Å². The second kappa shape index (κ2) is 4.02. The zero-order chi connectivity index (χ0) is 9.97. The van der Waals surface area contributed by atoms with Crippen molar-refractivity contribution in [3.8, 4) is 0 Å². The monoisotopic (exact) mass is 204 g/mol. The van der Waals surface area contributed by atoms with Gasteiger partial charge < -0.3 is 0 Å². The van der Waals surface area contributed by atoms with Gasteiger partial charge in [-0.1, -0.05) is 48.6 Å². The van der Waals surface area contributed by atoms with Crippen LogP contribution >= 0.6 is 11.6 Å². The molecule has 0 spiro atoms. The van der Waals surface area contributed by atoms with Gasteiger partial charge in [0.1, 0.15) is 0 Å². The van der Waals surface area contributed by atoms with Crippen LogP contribution in [0.3, 0.4) is 0 Å². The average Bonchev–Trinajstić information content (AvgIpc) is 2.61. The lowest BCUT2D eigenvalue weighted by molar-refractivity contribution is 0.886. The fourth-order valence-corrected chi connectivity index (χ4v) is 2.22. The van der Waals surface area contributed by atoms with Gasteiger partial charge in [-0.15, -0.1) is 11.6 Å². The Morgan fingerprint density at radius 1 is 1.36 bits per heavy atom. The Kier molecular flexibility index (Phi) is 2.74. The molecule has 1 aromatic carbocycles. The summed E-state index contributed by atoms with van der Waals surface area (Å²) < 4.78 is 0. The lowest BCUT2D eigenvalue weighted by Crippen LogP contribution is -2.06. The second-order valence-electron chi connectivity index (χ2n) is 3.48. The second-order valence-corrected chi connectivity index (χ2v) is 3.99. The van der Waals surface area contributed by atoms with E-state index in [0.29, 0.717) is 5.92 Å². The molecule has 0 amide bonds. The van der Waals surface area contributed by atoms with Crippen LogP contribution in [0.2, 0.25) is 0 Å². The Hall–Kier alpha value is -1.01. The molecule has 0 fully saturated rings. The first-order valence-corrected chi connectivity index (χ1v) is 5.30. The lowest BCUT2D eigenvalue weighted by atomic mass is 9.97. The van der Waals surface area contributed by atoms with Crippen molar-refractivity contribution in [2.45, 2.75) is 18.2 Å². The molecule has 14 heavy (non-hydrogen) atoms. The van der Waals surface area contributed by atoms with Crippen molar-refractivity contribution < 1.29 is 0 Å². The highest BCUT2D eigenvalue weighted by molar-refractivity contribution is 6.22. The summed E-state index contributed by atoms with van der Waals surface area (Å²) in [4.78, 5) is 0. The number of hydrogen-bond acceptors (Lipinski definition) is 0. The summed E-state index contributed by atoms with van der Waals surface area (Å²) >= 11 is 6.28. The molecule has 0 radical (unpaired) electrons. The summed E-state index contributed by atoms with van der Waals surface area (Å²) in [5.41, 5.74) is 2.64. The minimum atomic E-state index is 0.0694. The lowest BCUT2D eigenvalue weighted by Gasteiger charge is -2.13. The summed E-state index contributed by atoms with van der Waals surface area (Å²) in [5.74, 6) is 0.337. The highest BCUT2D eigenvalue weighted by atomic mass is 35.5. The van der Waals surface area contributed by atoms with E-state index in [9.17, 15) is 0 Å². The molecule has 2 unspecified atom stereocenters. The summed E-state index contributed by atoms with van der Waals surface area (Å²) in [7, 11) is 0. The molecule has 1 aliphatic carbocycles. The van der Waals surface area contributed by atoms with Crippen LogP contribution < -0.4 is 0 Å². The van der Waals surface area contributed by atoms with Gasteiger partial charge in [0.25, 0.3) is 0 Å². The fraction of sp³-hybridized carbons (Fsp3) is 0.231. The largest absolute Gasteiger partial charge is 0.117 e. The van der Waals surface area contributed by atoms with E-state index in [1.807, 2.05) is 19.1 Å². The summed E-state index contributed by atoms with van der Waals surface area (Å²) in [6.45, 7) is 2.00. The van der Waals surface area contributed by atoms with E-state index in [4.69, 9.17) is 11.6 Å². The maximum Gasteiger partial charge on any atom is 0.0619 e. The van der Waals surface area contributed by atoms with Crippen LogP contribution in [0.15, 0.2) is 42.5 Å². The fourth-order valence-electron chi connectivity index (χ4n) is 1.86. The predicted molar refractivity (Wildman–Crippen MR) is 62.7 cm³/mol. The molecule has 0 N–H and O–H groups in total. The van der Waals surface area contributed by atoms with Crippen molar-refractivity contribution in [3.05, 3.63) is 53.6 Å². The van der Waals surface area contributed by atoms with Gasteiger partial charge in [-0.3, -0.25) is 0 Å². The van der Waals surface area contributed by atoms with Crippen LogP contribution in [0.5, 0.6) is 0 Å². The third kappa shape index (κ3) is 1.62. The highest BCUT2D eigenvalue weighted by Gasteiger charge is 2.21. The number of halogens is 1. The summed E-state index contributed by atoms with van der Waals surface area (Å²) in [5, 5.41) is 0.0694. The number of allylic oxidation sites excluding steroid dienone is 3. The van der Waals surface area contributed by atoms with Gasteiger partial charge in [0.15, 0.2) is 0 Å².